The van der Waals surface area contributed by atoms with Crippen molar-refractivity contribution in [2.45, 2.75) is 6.54 Å². The molecule has 2 aromatic rings. The highest BCUT2D eigenvalue weighted by Crippen LogP contribution is 2.40. The molecule has 2 heterocycles. The number of hydrogen-bond donors (Lipinski definition) is 1. The zero-order chi connectivity index (χ0) is 18.5. The van der Waals surface area contributed by atoms with Gasteiger partial charge in [-0.3, -0.25) is 4.79 Å². The van der Waals surface area contributed by atoms with Crippen LogP contribution >= 0.6 is 11.6 Å². The van der Waals surface area contributed by atoms with E-state index in [-0.39, 0.29) is 5.43 Å². The molecule has 2 aromatic carbocycles. The molecule has 0 saturated carbocycles. The van der Waals surface area contributed by atoms with Crippen molar-refractivity contribution in [3.05, 3.63) is 75.4 Å². The van der Waals surface area contributed by atoms with Crippen molar-refractivity contribution in [3.63, 3.8) is 0 Å². The molecule has 3 aliphatic rings. The van der Waals surface area contributed by atoms with Crippen molar-refractivity contribution in [2.75, 3.05) is 11.9 Å². The van der Waals surface area contributed by atoms with Crippen molar-refractivity contribution in [3.8, 4) is 28.5 Å². The molecule has 1 N–H and O–H groups in total. The topological polar surface area (TPSA) is 57.8 Å². The Balaban J connectivity index is 2.01. The summed E-state index contributed by atoms with van der Waals surface area (Å²) in [6.45, 7) is 1.52. The highest BCUT2D eigenvalue weighted by molar-refractivity contribution is 6.31. The van der Waals surface area contributed by atoms with E-state index in [4.69, 9.17) is 11.6 Å². The molecule has 0 aromatic heterocycles. The molecular weight excluding hydrogens is 358 g/mol. The van der Waals surface area contributed by atoms with E-state index in [1.807, 2.05) is 36.4 Å². The van der Waals surface area contributed by atoms with Crippen molar-refractivity contribution >= 4 is 28.2 Å². The minimum Gasteiger partial charge on any atom is -0.369 e. The second-order valence-corrected chi connectivity index (χ2v) is 7.05. The van der Waals surface area contributed by atoms with Gasteiger partial charge in [0, 0.05) is 34.4 Å². The first-order valence-electron chi connectivity index (χ1n) is 8.71. The lowest BCUT2D eigenvalue weighted by atomic mass is 9.90. The van der Waals surface area contributed by atoms with E-state index in [1.54, 1.807) is 18.2 Å². The van der Waals surface area contributed by atoms with Crippen molar-refractivity contribution in [1.82, 2.24) is 4.57 Å². The fourth-order valence-electron chi connectivity index (χ4n) is 3.97. The highest BCUT2D eigenvalue weighted by Gasteiger charge is 2.27. The Labute approximate surface area is 160 Å². The third kappa shape index (κ3) is 2.26. The molecule has 0 saturated heterocycles. The van der Waals surface area contributed by atoms with Crippen LogP contribution in [-0.4, -0.2) is 11.1 Å². The predicted molar refractivity (Wildman–Crippen MR) is 108 cm³/mol. The first kappa shape index (κ1) is 15.9. The minimum atomic E-state index is -0.0755. The van der Waals surface area contributed by atoms with Gasteiger partial charge in [0.25, 0.3) is 0 Å². The third-order valence-corrected chi connectivity index (χ3v) is 5.38. The molecule has 0 unspecified atom stereocenters. The van der Waals surface area contributed by atoms with E-state index < -0.39 is 0 Å². The number of fused-ring (bicyclic) bond motifs is 4. The molecule has 27 heavy (non-hydrogen) atoms. The van der Waals surface area contributed by atoms with E-state index in [1.165, 1.54) is 0 Å². The van der Waals surface area contributed by atoms with Gasteiger partial charge in [-0.05, 0) is 29.8 Å². The van der Waals surface area contributed by atoms with Crippen LogP contribution in [0.1, 0.15) is 5.56 Å². The number of hydrogen-bond acceptors (Lipinski definition) is 3. The van der Waals surface area contributed by atoms with Crippen LogP contribution in [0.5, 0.6) is 0 Å². The summed E-state index contributed by atoms with van der Waals surface area (Å²) in [5, 5.41) is 14.9. The van der Waals surface area contributed by atoms with Gasteiger partial charge in [-0.2, -0.15) is 5.26 Å². The summed E-state index contributed by atoms with van der Waals surface area (Å²) >= 11 is 6.14. The summed E-state index contributed by atoms with van der Waals surface area (Å²) in [5.41, 5.74) is 3.67. The molecule has 0 atom stereocenters. The van der Waals surface area contributed by atoms with Crippen LogP contribution in [0.2, 0.25) is 5.02 Å². The average molecular weight is 372 g/mol. The Bertz CT molecular complexity index is 1290. The van der Waals surface area contributed by atoms with Crippen molar-refractivity contribution < 1.29 is 0 Å². The number of nitriles is 1. The fraction of sp³-hybridized carbons (Fsp3) is 0.0909. The largest absolute Gasteiger partial charge is 0.369 e. The average Bonchev–Trinajstić information content (AvgIpc) is 3.17. The Morgan fingerprint density at radius 1 is 1.07 bits per heavy atom. The standard InChI is InChI=1S/C22H14ClN3O/c23-14-6-7-15-16(10-14)18(12-24)17-11-19(13-4-2-1-3-5-13)26-9-8-25-22(26)20(17)21(15)27/h1-7,10-11,25H,8-9H2. The molecule has 0 fully saturated rings. The van der Waals surface area contributed by atoms with Gasteiger partial charge in [0.1, 0.15) is 11.9 Å². The van der Waals surface area contributed by atoms with Gasteiger partial charge in [-0.1, -0.05) is 41.9 Å². The molecule has 0 bridgehead atoms. The van der Waals surface area contributed by atoms with Gasteiger partial charge >= 0.3 is 0 Å². The first-order chi connectivity index (χ1) is 13.2. The molecule has 1 aliphatic carbocycles. The lowest BCUT2D eigenvalue weighted by Gasteiger charge is -2.20. The van der Waals surface area contributed by atoms with Gasteiger partial charge in [-0.25, -0.2) is 0 Å². The van der Waals surface area contributed by atoms with E-state index >= 15 is 0 Å². The Morgan fingerprint density at radius 3 is 2.67 bits per heavy atom. The number of halogens is 1. The molecule has 0 radical (unpaired) electrons. The molecule has 5 rings (SSSR count). The van der Waals surface area contributed by atoms with Crippen LogP contribution in [0.3, 0.4) is 0 Å². The maximum absolute atomic E-state index is 13.3. The second kappa shape index (κ2) is 5.87. The number of pyridine rings is 1. The highest BCUT2D eigenvalue weighted by atomic mass is 35.5. The number of rotatable bonds is 1. The number of nitrogens with zero attached hydrogens (tertiary/aromatic N) is 2. The van der Waals surface area contributed by atoms with E-state index in [2.05, 4.69) is 16.0 Å². The third-order valence-electron chi connectivity index (χ3n) is 5.15. The maximum Gasteiger partial charge on any atom is 0.197 e. The molecule has 0 amide bonds. The Kier molecular flexibility index (Phi) is 3.46. The van der Waals surface area contributed by atoms with Crippen LogP contribution in [0.4, 0.5) is 5.82 Å². The number of anilines is 1. The predicted octanol–water partition coefficient (Wildman–Crippen LogP) is 4.72. The van der Waals surface area contributed by atoms with Crippen LogP contribution in [0.25, 0.3) is 33.2 Å². The lowest BCUT2D eigenvalue weighted by Crippen LogP contribution is -2.14. The number of aromatic nitrogens is 1. The van der Waals surface area contributed by atoms with Crippen LogP contribution in [0.15, 0.2) is 59.4 Å². The first-order valence-corrected chi connectivity index (χ1v) is 9.09. The van der Waals surface area contributed by atoms with Crippen LogP contribution in [0, 0.1) is 11.3 Å². The van der Waals surface area contributed by atoms with Crippen LogP contribution in [-0.2, 0) is 6.54 Å². The summed E-state index contributed by atoms with van der Waals surface area (Å²) in [6, 6.07) is 19.4. The summed E-state index contributed by atoms with van der Waals surface area (Å²) in [7, 11) is 0. The van der Waals surface area contributed by atoms with Gasteiger partial charge in [0.2, 0.25) is 0 Å². The smallest absolute Gasteiger partial charge is 0.197 e. The summed E-state index contributed by atoms with van der Waals surface area (Å²) in [4.78, 5) is 13.3. The van der Waals surface area contributed by atoms with Crippen molar-refractivity contribution in [2.24, 2.45) is 0 Å². The van der Waals surface area contributed by atoms with Gasteiger partial charge < -0.3 is 9.88 Å². The number of benzene rings is 3. The molecule has 5 heteroatoms. The zero-order valence-corrected chi connectivity index (χ0v) is 15.0. The van der Waals surface area contributed by atoms with Crippen LogP contribution < -0.4 is 10.7 Å². The van der Waals surface area contributed by atoms with E-state index in [0.29, 0.717) is 32.5 Å². The Morgan fingerprint density at radius 2 is 1.89 bits per heavy atom. The van der Waals surface area contributed by atoms with Gasteiger partial charge in [-0.15, -0.1) is 0 Å². The minimum absolute atomic E-state index is 0.0755. The van der Waals surface area contributed by atoms with Gasteiger partial charge in [0.15, 0.2) is 5.43 Å². The molecular formula is C22H14ClN3O. The van der Waals surface area contributed by atoms with Gasteiger partial charge in [0.05, 0.1) is 16.8 Å². The quantitative estimate of drug-likeness (QED) is 0.492. The fourth-order valence-corrected chi connectivity index (χ4v) is 4.14. The monoisotopic (exact) mass is 371 g/mol. The summed E-state index contributed by atoms with van der Waals surface area (Å²) < 4.78 is 2.13. The summed E-state index contributed by atoms with van der Waals surface area (Å²) in [5.74, 6) is 0.782. The van der Waals surface area contributed by atoms with E-state index in [0.717, 1.165) is 30.2 Å². The summed E-state index contributed by atoms with van der Waals surface area (Å²) in [6.07, 6.45) is 0. The Hall–Kier alpha value is -3.29. The normalized spacial score (nSPS) is 12.7. The SMILES string of the molecule is N#Cc1c2cc(-c3ccccc3)n3c(c-2c(=O)c2ccc(Cl)cc12)NCC3. The number of nitrogens with one attached hydrogen (secondary N) is 1. The molecule has 130 valence electrons. The zero-order valence-electron chi connectivity index (χ0n) is 14.3. The maximum atomic E-state index is 13.3. The second-order valence-electron chi connectivity index (χ2n) is 6.62. The lowest BCUT2D eigenvalue weighted by molar-refractivity contribution is 0.810. The molecule has 4 nitrogen and oxygen atoms in total. The van der Waals surface area contributed by atoms with E-state index in [9.17, 15) is 10.1 Å². The molecule has 0 spiro atoms. The molecule has 2 aliphatic heterocycles. The van der Waals surface area contributed by atoms with Crippen molar-refractivity contribution in [1.29, 1.82) is 5.26 Å².